The summed E-state index contributed by atoms with van der Waals surface area (Å²) in [5.74, 6) is -0.575. The second-order valence-electron chi connectivity index (χ2n) is 3.62. The lowest BCUT2D eigenvalue weighted by Gasteiger charge is -2.03. The average Bonchev–Trinajstić information content (AvgIpc) is 2.26. The van der Waals surface area contributed by atoms with Crippen LogP contribution in [0.3, 0.4) is 0 Å². The van der Waals surface area contributed by atoms with Gasteiger partial charge in [0.25, 0.3) is 0 Å². The highest BCUT2D eigenvalue weighted by molar-refractivity contribution is 7.86. The summed E-state index contributed by atoms with van der Waals surface area (Å²) >= 11 is 5.96. The van der Waals surface area contributed by atoms with E-state index in [-0.39, 0.29) is 6.42 Å². The molecule has 2 rings (SSSR count). The van der Waals surface area contributed by atoms with E-state index in [0.29, 0.717) is 10.8 Å². The molecule has 1 heterocycles. The van der Waals surface area contributed by atoms with Gasteiger partial charge in [0.1, 0.15) is 5.15 Å². The Labute approximate surface area is 103 Å². The molecule has 0 N–H and O–H groups in total. The molecular formula is C11H9ClFNO2S. The first kappa shape index (κ1) is 12.3. The number of hydrogen-bond acceptors (Lipinski definition) is 3. The van der Waals surface area contributed by atoms with Crippen molar-refractivity contribution in [1.29, 1.82) is 0 Å². The summed E-state index contributed by atoms with van der Waals surface area (Å²) in [5, 5.41) is 1.95. The van der Waals surface area contributed by atoms with Gasteiger partial charge in [-0.15, -0.1) is 3.89 Å². The van der Waals surface area contributed by atoms with Crippen LogP contribution < -0.4 is 0 Å². The topological polar surface area (TPSA) is 47.0 Å². The van der Waals surface area contributed by atoms with E-state index in [2.05, 4.69) is 4.98 Å². The lowest BCUT2D eigenvalue weighted by molar-refractivity contribution is 0.551. The molecule has 0 unspecified atom stereocenters. The summed E-state index contributed by atoms with van der Waals surface area (Å²) < 4.78 is 33.3. The Balaban J connectivity index is 2.37. The van der Waals surface area contributed by atoms with E-state index in [1.807, 2.05) is 24.3 Å². The Morgan fingerprint density at radius 1 is 1.29 bits per heavy atom. The fraction of sp³-hybridized carbons (Fsp3) is 0.182. The quantitative estimate of drug-likeness (QED) is 0.638. The maximum Gasteiger partial charge on any atom is 0.302 e. The fourth-order valence-electron chi connectivity index (χ4n) is 1.56. The minimum Gasteiger partial charge on any atom is -0.240 e. The van der Waals surface area contributed by atoms with Gasteiger partial charge < -0.3 is 0 Å². The van der Waals surface area contributed by atoms with E-state index < -0.39 is 16.0 Å². The highest BCUT2D eigenvalue weighted by atomic mass is 35.5. The van der Waals surface area contributed by atoms with Gasteiger partial charge in [0.05, 0.1) is 5.75 Å². The molecule has 0 atom stereocenters. The number of aromatic nitrogens is 1. The van der Waals surface area contributed by atoms with Crippen molar-refractivity contribution in [2.75, 3.05) is 5.75 Å². The van der Waals surface area contributed by atoms with Crippen LogP contribution in [0, 0.1) is 0 Å². The predicted octanol–water partition coefficient (Wildman–Crippen LogP) is 2.73. The summed E-state index contributed by atoms with van der Waals surface area (Å²) in [5.41, 5.74) is 0.468. The van der Waals surface area contributed by atoms with E-state index in [1.165, 1.54) is 0 Å². The molecule has 0 aliphatic carbocycles. The van der Waals surface area contributed by atoms with Crippen LogP contribution in [-0.2, 0) is 16.6 Å². The SMILES string of the molecule is O=S(=O)(F)CCc1cc2ccccc2c(Cl)n1. The van der Waals surface area contributed by atoms with Crippen LogP contribution in [0.5, 0.6) is 0 Å². The first-order valence-electron chi connectivity index (χ1n) is 4.92. The van der Waals surface area contributed by atoms with E-state index in [9.17, 15) is 12.3 Å². The number of nitrogens with zero attached hydrogens (tertiary/aromatic N) is 1. The molecule has 3 nitrogen and oxygen atoms in total. The number of rotatable bonds is 3. The number of hydrogen-bond donors (Lipinski definition) is 0. The zero-order chi connectivity index (χ0) is 12.5. The van der Waals surface area contributed by atoms with Crippen molar-refractivity contribution in [2.24, 2.45) is 0 Å². The maximum atomic E-state index is 12.4. The first-order valence-corrected chi connectivity index (χ1v) is 6.85. The highest BCUT2D eigenvalue weighted by Crippen LogP contribution is 2.22. The lowest BCUT2D eigenvalue weighted by atomic mass is 10.1. The van der Waals surface area contributed by atoms with Gasteiger partial charge in [0.15, 0.2) is 0 Å². The van der Waals surface area contributed by atoms with Gasteiger partial charge in [0, 0.05) is 17.5 Å². The van der Waals surface area contributed by atoms with Crippen molar-refractivity contribution in [2.45, 2.75) is 6.42 Å². The molecule has 90 valence electrons. The Morgan fingerprint density at radius 3 is 2.71 bits per heavy atom. The van der Waals surface area contributed by atoms with Gasteiger partial charge in [-0.25, -0.2) is 4.98 Å². The Morgan fingerprint density at radius 2 is 2.00 bits per heavy atom. The van der Waals surface area contributed by atoms with Gasteiger partial charge >= 0.3 is 10.2 Å². The monoisotopic (exact) mass is 273 g/mol. The molecular weight excluding hydrogens is 265 g/mol. The van der Waals surface area contributed by atoms with Crippen LogP contribution >= 0.6 is 11.6 Å². The summed E-state index contributed by atoms with van der Waals surface area (Å²) in [7, 11) is -4.47. The second-order valence-corrected chi connectivity index (χ2v) is 5.46. The molecule has 0 spiro atoms. The van der Waals surface area contributed by atoms with Gasteiger partial charge in [-0.1, -0.05) is 35.9 Å². The van der Waals surface area contributed by atoms with Crippen LogP contribution in [0.2, 0.25) is 5.15 Å². The van der Waals surface area contributed by atoms with Gasteiger partial charge in [-0.05, 0) is 11.5 Å². The fourth-order valence-corrected chi connectivity index (χ4v) is 2.30. The molecule has 0 fully saturated rings. The summed E-state index contributed by atoms with van der Waals surface area (Å²) in [4.78, 5) is 4.04. The molecule has 0 aliphatic heterocycles. The standard InChI is InChI=1S/C11H9ClFNO2S/c12-11-10-4-2-1-3-8(10)7-9(14-11)5-6-17(13,15)16/h1-4,7H,5-6H2. The second kappa shape index (κ2) is 4.58. The van der Waals surface area contributed by atoms with Crippen LogP contribution in [0.15, 0.2) is 30.3 Å². The number of aryl methyl sites for hydroxylation is 1. The molecule has 0 saturated heterocycles. The third-order valence-corrected chi connectivity index (χ3v) is 3.33. The summed E-state index contributed by atoms with van der Waals surface area (Å²) in [6, 6.07) is 9.05. The third kappa shape index (κ3) is 3.14. The number of fused-ring (bicyclic) bond motifs is 1. The average molecular weight is 274 g/mol. The van der Waals surface area contributed by atoms with Gasteiger partial charge in [-0.3, -0.25) is 0 Å². The molecule has 6 heteroatoms. The predicted molar refractivity (Wildman–Crippen MR) is 65.4 cm³/mol. The minimum absolute atomic E-state index is 0.0172. The van der Waals surface area contributed by atoms with Crippen LogP contribution in [0.25, 0.3) is 10.8 Å². The molecule has 1 aromatic heterocycles. The van der Waals surface area contributed by atoms with Crippen molar-refractivity contribution in [1.82, 2.24) is 4.98 Å². The number of halogens is 2. The van der Waals surface area contributed by atoms with Gasteiger partial charge in [-0.2, -0.15) is 8.42 Å². The molecule has 1 aromatic carbocycles. The van der Waals surface area contributed by atoms with Crippen molar-refractivity contribution in [3.63, 3.8) is 0 Å². The molecule has 0 amide bonds. The van der Waals surface area contributed by atoms with Crippen molar-refractivity contribution >= 4 is 32.6 Å². The highest BCUT2D eigenvalue weighted by Gasteiger charge is 2.10. The van der Waals surface area contributed by atoms with E-state index in [1.54, 1.807) is 6.07 Å². The van der Waals surface area contributed by atoms with Crippen LogP contribution in [0.4, 0.5) is 3.89 Å². The summed E-state index contributed by atoms with van der Waals surface area (Å²) in [6.45, 7) is 0. The Kier molecular flexibility index (Phi) is 3.31. The largest absolute Gasteiger partial charge is 0.302 e. The number of benzene rings is 1. The summed E-state index contributed by atoms with van der Waals surface area (Å²) in [6.07, 6.45) is 0.0172. The normalized spacial score (nSPS) is 11.9. The van der Waals surface area contributed by atoms with E-state index in [0.717, 1.165) is 10.8 Å². The lowest BCUT2D eigenvalue weighted by Crippen LogP contribution is -2.03. The van der Waals surface area contributed by atoms with Gasteiger partial charge in [0.2, 0.25) is 0 Å². The van der Waals surface area contributed by atoms with Crippen LogP contribution in [0.1, 0.15) is 5.69 Å². The zero-order valence-electron chi connectivity index (χ0n) is 8.73. The molecule has 0 aliphatic rings. The maximum absolute atomic E-state index is 12.4. The van der Waals surface area contributed by atoms with E-state index in [4.69, 9.17) is 11.6 Å². The molecule has 0 bridgehead atoms. The molecule has 17 heavy (non-hydrogen) atoms. The molecule has 2 aromatic rings. The smallest absolute Gasteiger partial charge is 0.240 e. The van der Waals surface area contributed by atoms with Crippen molar-refractivity contribution in [3.05, 3.63) is 41.2 Å². The zero-order valence-corrected chi connectivity index (χ0v) is 10.3. The van der Waals surface area contributed by atoms with Crippen molar-refractivity contribution < 1.29 is 12.3 Å². The first-order chi connectivity index (χ1) is 7.96. The third-order valence-electron chi connectivity index (χ3n) is 2.35. The molecule has 0 radical (unpaired) electrons. The Bertz CT molecular complexity index is 658. The number of pyridine rings is 1. The van der Waals surface area contributed by atoms with Crippen LogP contribution in [-0.4, -0.2) is 19.2 Å². The van der Waals surface area contributed by atoms with Crippen molar-refractivity contribution in [3.8, 4) is 0 Å². The van der Waals surface area contributed by atoms with E-state index >= 15 is 0 Å². The Hall–Kier alpha value is -1.20. The minimum atomic E-state index is -4.47. The molecule has 0 saturated carbocycles.